The molecule has 0 amide bonds. The SMILES string of the molecule is COc1cc(OCc2ccccc2)c(C(=O)OCc2ccccc2)c(C)n1. The molecule has 0 spiro atoms. The summed E-state index contributed by atoms with van der Waals surface area (Å²) in [4.78, 5) is 17.0. The first-order valence-corrected chi connectivity index (χ1v) is 8.61. The van der Waals surface area contributed by atoms with Crippen molar-refractivity contribution in [1.29, 1.82) is 0 Å². The predicted octanol–water partition coefficient (Wildman–Crippen LogP) is 4.33. The fourth-order valence-corrected chi connectivity index (χ4v) is 2.61. The number of ether oxygens (including phenoxy) is 3. The van der Waals surface area contributed by atoms with Gasteiger partial charge in [0.1, 0.15) is 24.5 Å². The van der Waals surface area contributed by atoms with Gasteiger partial charge in [-0.25, -0.2) is 9.78 Å². The van der Waals surface area contributed by atoms with E-state index in [9.17, 15) is 4.79 Å². The Morgan fingerprint density at radius 3 is 2.11 bits per heavy atom. The lowest BCUT2D eigenvalue weighted by molar-refractivity contribution is 0.0466. The van der Waals surface area contributed by atoms with Crippen LogP contribution in [0.2, 0.25) is 0 Å². The summed E-state index contributed by atoms with van der Waals surface area (Å²) in [6.45, 7) is 2.24. The summed E-state index contributed by atoms with van der Waals surface area (Å²) in [5.41, 5.74) is 2.71. The highest BCUT2D eigenvalue weighted by atomic mass is 16.5. The molecule has 0 unspecified atom stereocenters. The largest absolute Gasteiger partial charge is 0.488 e. The van der Waals surface area contributed by atoms with E-state index in [4.69, 9.17) is 14.2 Å². The third-order valence-corrected chi connectivity index (χ3v) is 4.00. The highest BCUT2D eigenvalue weighted by Gasteiger charge is 2.20. The van der Waals surface area contributed by atoms with Crippen LogP contribution in [0.25, 0.3) is 0 Å². The van der Waals surface area contributed by atoms with Gasteiger partial charge < -0.3 is 14.2 Å². The Balaban J connectivity index is 1.80. The van der Waals surface area contributed by atoms with E-state index in [1.165, 1.54) is 7.11 Å². The van der Waals surface area contributed by atoms with Crippen molar-refractivity contribution < 1.29 is 19.0 Å². The van der Waals surface area contributed by atoms with Crippen molar-refractivity contribution in [3.63, 3.8) is 0 Å². The van der Waals surface area contributed by atoms with Crippen LogP contribution in [0, 0.1) is 6.92 Å². The Labute approximate surface area is 158 Å². The van der Waals surface area contributed by atoms with Gasteiger partial charge in [0, 0.05) is 6.07 Å². The molecule has 0 saturated carbocycles. The number of hydrogen-bond acceptors (Lipinski definition) is 5. The zero-order chi connectivity index (χ0) is 19.1. The number of carbonyl (C=O) groups is 1. The molecular formula is C22H21NO4. The van der Waals surface area contributed by atoms with Gasteiger partial charge in [-0.15, -0.1) is 0 Å². The van der Waals surface area contributed by atoms with Gasteiger partial charge in [0.25, 0.3) is 0 Å². The molecule has 3 aromatic rings. The van der Waals surface area contributed by atoms with Crippen LogP contribution in [0.1, 0.15) is 27.2 Å². The molecule has 0 fully saturated rings. The van der Waals surface area contributed by atoms with E-state index >= 15 is 0 Å². The lowest BCUT2D eigenvalue weighted by Gasteiger charge is -2.14. The van der Waals surface area contributed by atoms with Gasteiger partial charge in [0.2, 0.25) is 5.88 Å². The van der Waals surface area contributed by atoms with Gasteiger partial charge in [-0.1, -0.05) is 60.7 Å². The van der Waals surface area contributed by atoms with Crippen LogP contribution in [0.3, 0.4) is 0 Å². The van der Waals surface area contributed by atoms with Crippen LogP contribution in [0.5, 0.6) is 11.6 Å². The number of aryl methyl sites for hydroxylation is 1. The van der Waals surface area contributed by atoms with Crippen molar-refractivity contribution in [2.24, 2.45) is 0 Å². The van der Waals surface area contributed by atoms with Crippen molar-refractivity contribution in [3.05, 3.63) is 89.1 Å². The van der Waals surface area contributed by atoms with Crippen LogP contribution in [-0.4, -0.2) is 18.1 Å². The molecule has 0 atom stereocenters. The van der Waals surface area contributed by atoms with Crippen molar-refractivity contribution in [2.75, 3.05) is 7.11 Å². The summed E-state index contributed by atoms with van der Waals surface area (Å²) >= 11 is 0. The lowest BCUT2D eigenvalue weighted by Crippen LogP contribution is -2.12. The summed E-state index contributed by atoms with van der Waals surface area (Å²) in [5, 5.41) is 0. The minimum absolute atomic E-state index is 0.184. The first kappa shape index (κ1) is 18.5. The van der Waals surface area contributed by atoms with Gasteiger partial charge in [0.15, 0.2) is 0 Å². The normalized spacial score (nSPS) is 10.3. The summed E-state index contributed by atoms with van der Waals surface area (Å²) < 4.78 is 16.6. The molecule has 3 rings (SSSR count). The fourth-order valence-electron chi connectivity index (χ4n) is 2.61. The Hall–Kier alpha value is -3.34. The van der Waals surface area contributed by atoms with Crippen molar-refractivity contribution >= 4 is 5.97 Å². The number of esters is 1. The van der Waals surface area contributed by atoms with E-state index in [-0.39, 0.29) is 6.61 Å². The third-order valence-electron chi connectivity index (χ3n) is 4.00. The number of methoxy groups -OCH3 is 1. The molecule has 1 aromatic heterocycles. The monoisotopic (exact) mass is 363 g/mol. The molecule has 5 heteroatoms. The lowest BCUT2D eigenvalue weighted by atomic mass is 10.1. The van der Waals surface area contributed by atoms with Crippen molar-refractivity contribution in [3.8, 4) is 11.6 Å². The minimum Gasteiger partial charge on any atom is -0.488 e. The second-order valence-electron chi connectivity index (χ2n) is 5.96. The molecule has 2 aromatic carbocycles. The second kappa shape index (κ2) is 8.85. The molecule has 0 aliphatic carbocycles. The third kappa shape index (κ3) is 4.85. The molecule has 0 bridgehead atoms. The predicted molar refractivity (Wildman–Crippen MR) is 102 cm³/mol. The Bertz CT molecular complexity index is 895. The van der Waals surface area contributed by atoms with Gasteiger partial charge in [-0.2, -0.15) is 0 Å². The molecule has 1 heterocycles. The second-order valence-corrected chi connectivity index (χ2v) is 5.96. The maximum Gasteiger partial charge on any atom is 0.344 e. The van der Waals surface area contributed by atoms with Gasteiger partial charge in [0.05, 0.1) is 12.8 Å². The summed E-state index contributed by atoms with van der Waals surface area (Å²) in [6.07, 6.45) is 0. The topological polar surface area (TPSA) is 57.7 Å². The highest BCUT2D eigenvalue weighted by Crippen LogP contribution is 2.27. The molecule has 0 saturated heterocycles. The zero-order valence-corrected chi connectivity index (χ0v) is 15.3. The van der Waals surface area contributed by atoms with Crippen LogP contribution in [0.4, 0.5) is 0 Å². The maximum atomic E-state index is 12.7. The van der Waals surface area contributed by atoms with Crippen molar-refractivity contribution in [2.45, 2.75) is 20.1 Å². The number of carbonyl (C=O) groups excluding carboxylic acids is 1. The first-order valence-electron chi connectivity index (χ1n) is 8.61. The molecule has 27 heavy (non-hydrogen) atoms. The first-order chi connectivity index (χ1) is 13.2. The zero-order valence-electron chi connectivity index (χ0n) is 15.3. The van der Waals surface area contributed by atoms with E-state index in [0.717, 1.165) is 11.1 Å². The van der Waals surface area contributed by atoms with Gasteiger partial charge in [-0.3, -0.25) is 0 Å². The average Bonchev–Trinajstić information content (AvgIpc) is 2.71. The summed E-state index contributed by atoms with van der Waals surface area (Å²) in [7, 11) is 1.52. The molecular weight excluding hydrogens is 342 g/mol. The molecule has 5 nitrogen and oxygen atoms in total. The van der Waals surface area contributed by atoms with Gasteiger partial charge in [-0.05, 0) is 18.1 Å². The van der Waals surface area contributed by atoms with Crippen LogP contribution in [0.15, 0.2) is 66.7 Å². The van der Waals surface area contributed by atoms with E-state index in [2.05, 4.69) is 4.98 Å². The summed E-state index contributed by atoms with van der Waals surface area (Å²) in [6, 6.07) is 20.9. The molecule has 138 valence electrons. The van der Waals surface area contributed by atoms with E-state index in [1.54, 1.807) is 13.0 Å². The van der Waals surface area contributed by atoms with Crippen LogP contribution < -0.4 is 9.47 Å². The maximum absolute atomic E-state index is 12.7. The molecule has 0 aliphatic rings. The Kier molecular flexibility index (Phi) is 6.05. The highest BCUT2D eigenvalue weighted by molar-refractivity contribution is 5.93. The number of pyridine rings is 1. The quantitative estimate of drug-likeness (QED) is 0.585. The van der Waals surface area contributed by atoms with Crippen LogP contribution in [-0.2, 0) is 18.0 Å². The summed E-state index contributed by atoms with van der Waals surface area (Å²) in [5.74, 6) is 0.297. The number of nitrogens with zero attached hydrogens (tertiary/aromatic N) is 1. The number of aromatic nitrogens is 1. The van der Waals surface area contributed by atoms with E-state index < -0.39 is 5.97 Å². The fraction of sp³-hybridized carbons (Fsp3) is 0.182. The smallest absolute Gasteiger partial charge is 0.344 e. The minimum atomic E-state index is -0.477. The van der Waals surface area contributed by atoms with Crippen LogP contribution >= 0.6 is 0 Å². The number of benzene rings is 2. The molecule has 0 radical (unpaired) electrons. The molecule has 0 N–H and O–H groups in total. The Morgan fingerprint density at radius 2 is 1.52 bits per heavy atom. The van der Waals surface area contributed by atoms with Gasteiger partial charge >= 0.3 is 5.97 Å². The van der Waals surface area contributed by atoms with E-state index in [1.807, 2.05) is 60.7 Å². The number of hydrogen-bond donors (Lipinski definition) is 0. The standard InChI is InChI=1S/C22H21NO4/c1-16-21(22(24)27-15-18-11-7-4-8-12-18)19(13-20(23-16)25-2)26-14-17-9-5-3-6-10-17/h3-13H,14-15H2,1-2H3. The van der Waals surface area contributed by atoms with E-state index in [0.29, 0.717) is 29.5 Å². The molecule has 0 aliphatic heterocycles. The average molecular weight is 363 g/mol. The van der Waals surface area contributed by atoms with Crippen molar-refractivity contribution in [1.82, 2.24) is 4.98 Å². The number of rotatable bonds is 7. The Morgan fingerprint density at radius 1 is 0.926 bits per heavy atom.